The van der Waals surface area contributed by atoms with Crippen LogP contribution in [0, 0.1) is 0 Å². The van der Waals surface area contributed by atoms with Gasteiger partial charge in [-0.3, -0.25) is 4.79 Å². The summed E-state index contributed by atoms with van der Waals surface area (Å²) in [6.07, 6.45) is 9.46. The normalized spacial score (nSPS) is 23.7. The number of likely N-dealkylation sites (tertiary alicyclic amines) is 1. The number of carbonyl (C=O) groups is 2. The van der Waals surface area contributed by atoms with Gasteiger partial charge >= 0.3 is 6.09 Å². The quantitative estimate of drug-likeness (QED) is 0.726. The van der Waals surface area contributed by atoms with E-state index in [1.54, 1.807) is 0 Å². The van der Waals surface area contributed by atoms with Crippen molar-refractivity contribution in [3.8, 4) is 0 Å². The molecule has 0 aromatic heterocycles. The van der Waals surface area contributed by atoms with E-state index >= 15 is 0 Å². The number of rotatable bonds is 6. The lowest BCUT2D eigenvalue weighted by Gasteiger charge is -2.37. The number of nitrogens with zero attached hydrogens (tertiary/aromatic N) is 3. The molecular formula is C20H35N3O3. The molecule has 0 bridgehead atoms. The van der Waals surface area contributed by atoms with Crippen molar-refractivity contribution in [2.24, 2.45) is 0 Å². The third-order valence-electron chi connectivity index (χ3n) is 6.45. The molecule has 1 saturated carbocycles. The standard InChI is InChI=1S/C20H35N3O3/c1-3-7-18(24)22-12-10-20(11-13-22)16-23(19(25)26-20)15-14-21(2)17-8-5-4-6-9-17/h17H,3-16H2,1-2H3. The van der Waals surface area contributed by atoms with Crippen molar-refractivity contribution in [3.63, 3.8) is 0 Å². The Hall–Kier alpha value is -1.30. The van der Waals surface area contributed by atoms with E-state index < -0.39 is 0 Å². The zero-order valence-corrected chi connectivity index (χ0v) is 16.5. The Balaban J connectivity index is 1.45. The second-order valence-corrected chi connectivity index (χ2v) is 8.38. The number of ether oxygens (including phenoxy) is 1. The van der Waals surface area contributed by atoms with Crippen molar-refractivity contribution in [3.05, 3.63) is 0 Å². The minimum Gasteiger partial charge on any atom is -0.441 e. The molecule has 1 aliphatic carbocycles. The fourth-order valence-electron chi connectivity index (χ4n) is 4.64. The number of hydrogen-bond acceptors (Lipinski definition) is 4. The molecule has 2 saturated heterocycles. The van der Waals surface area contributed by atoms with Crippen LogP contribution in [-0.2, 0) is 9.53 Å². The van der Waals surface area contributed by atoms with Crippen molar-refractivity contribution in [1.29, 1.82) is 0 Å². The lowest BCUT2D eigenvalue weighted by atomic mass is 9.91. The molecule has 6 heteroatoms. The Morgan fingerprint density at radius 1 is 1.23 bits per heavy atom. The van der Waals surface area contributed by atoms with Gasteiger partial charge in [-0.25, -0.2) is 4.79 Å². The minimum absolute atomic E-state index is 0.171. The maximum absolute atomic E-state index is 12.4. The highest BCUT2D eigenvalue weighted by Gasteiger charge is 2.47. The number of amides is 2. The Bertz CT molecular complexity index is 497. The van der Waals surface area contributed by atoms with Crippen LogP contribution in [0.15, 0.2) is 0 Å². The summed E-state index contributed by atoms with van der Waals surface area (Å²) in [5.41, 5.74) is -0.372. The van der Waals surface area contributed by atoms with Gasteiger partial charge in [0.2, 0.25) is 5.91 Å². The number of carbonyl (C=O) groups excluding carboxylic acids is 2. The molecule has 3 aliphatic rings. The summed E-state index contributed by atoms with van der Waals surface area (Å²) in [6.45, 7) is 5.79. The first-order chi connectivity index (χ1) is 12.5. The van der Waals surface area contributed by atoms with E-state index in [0.29, 0.717) is 32.1 Å². The molecule has 0 radical (unpaired) electrons. The molecule has 2 amide bonds. The molecule has 0 N–H and O–H groups in total. The van der Waals surface area contributed by atoms with Gasteiger partial charge in [0.15, 0.2) is 0 Å². The first-order valence-electron chi connectivity index (χ1n) is 10.5. The van der Waals surface area contributed by atoms with Crippen LogP contribution in [0.5, 0.6) is 0 Å². The summed E-state index contributed by atoms with van der Waals surface area (Å²) in [5, 5.41) is 0. The van der Waals surface area contributed by atoms with Gasteiger partial charge in [-0.2, -0.15) is 0 Å². The number of likely N-dealkylation sites (N-methyl/N-ethyl adjacent to an activating group) is 1. The lowest BCUT2D eigenvalue weighted by Crippen LogP contribution is -2.49. The fraction of sp³-hybridized carbons (Fsp3) is 0.900. The average molecular weight is 366 g/mol. The van der Waals surface area contributed by atoms with E-state index in [2.05, 4.69) is 11.9 Å². The van der Waals surface area contributed by atoms with Crippen LogP contribution >= 0.6 is 0 Å². The van der Waals surface area contributed by atoms with Crippen molar-refractivity contribution in [2.45, 2.75) is 76.4 Å². The molecule has 1 spiro atoms. The molecule has 0 aromatic carbocycles. The van der Waals surface area contributed by atoms with E-state index in [1.165, 1.54) is 32.1 Å². The van der Waals surface area contributed by atoms with Crippen LogP contribution < -0.4 is 0 Å². The first kappa shape index (κ1) is 19.5. The average Bonchev–Trinajstić information content (AvgIpc) is 2.96. The van der Waals surface area contributed by atoms with E-state index in [0.717, 1.165) is 32.4 Å². The molecule has 0 atom stereocenters. The summed E-state index contributed by atoms with van der Waals surface area (Å²) >= 11 is 0. The molecule has 2 heterocycles. The Labute approximate surface area is 157 Å². The molecule has 26 heavy (non-hydrogen) atoms. The topological polar surface area (TPSA) is 53.1 Å². The second kappa shape index (κ2) is 8.59. The zero-order valence-electron chi connectivity index (χ0n) is 16.5. The smallest absolute Gasteiger partial charge is 0.410 e. The van der Waals surface area contributed by atoms with E-state index in [-0.39, 0.29) is 17.6 Å². The van der Waals surface area contributed by atoms with Crippen LogP contribution in [0.25, 0.3) is 0 Å². The highest BCUT2D eigenvalue weighted by atomic mass is 16.6. The van der Waals surface area contributed by atoms with Crippen molar-refractivity contribution >= 4 is 12.0 Å². The maximum atomic E-state index is 12.4. The van der Waals surface area contributed by atoms with Crippen LogP contribution in [0.4, 0.5) is 4.79 Å². The third kappa shape index (κ3) is 4.51. The van der Waals surface area contributed by atoms with E-state index in [4.69, 9.17) is 4.74 Å². The highest BCUT2D eigenvalue weighted by Crippen LogP contribution is 2.33. The van der Waals surface area contributed by atoms with Crippen LogP contribution in [0.2, 0.25) is 0 Å². The van der Waals surface area contributed by atoms with Gasteiger partial charge in [0.1, 0.15) is 5.60 Å². The summed E-state index contributed by atoms with van der Waals surface area (Å²) < 4.78 is 5.80. The molecule has 6 nitrogen and oxygen atoms in total. The maximum Gasteiger partial charge on any atom is 0.410 e. The Morgan fingerprint density at radius 2 is 1.92 bits per heavy atom. The number of hydrogen-bond donors (Lipinski definition) is 0. The second-order valence-electron chi connectivity index (χ2n) is 8.38. The molecule has 3 fully saturated rings. The first-order valence-corrected chi connectivity index (χ1v) is 10.5. The number of piperidine rings is 1. The third-order valence-corrected chi connectivity index (χ3v) is 6.45. The van der Waals surface area contributed by atoms with Crippen LogP contribution in [0.1, 0.15) is 64.7 Å². The highest BCUT2D eigenvalue weighted by molar-refractivity contribution is 5.76. The van der Waals surface area contributed by atoms with Gasteiger partial charge < -0.3 is 19.4 Å². The van der Waals surface area contributed by atoms with Gasteiger partial charge in [0, 0.05) is 51.5 Å². The van der Waals surface area contributed by atoms with Gasteiger partial charge in [0.25, 0.3) is 0 Å². The summed E-state index contributed by atoms with van der Waals surface area (Å²) in [4.78, 5) is 30.6. The zero-order chi connectivity index (χ0) is 18.6. The summed E-state index contributed by atoms with van der Waals surface area (Å²) in [7, 11) is 2.19. The predicted octanol–water partition coefficient (Wildman–Crippen LogP) is 2.86. The monoisotopic (exact) mass is 365 g/mol. The lowest BCUT2D eigenvalue weighted by molar-refractivity contribution is -0.134. The molecule has 0 unspecified atom stereocenters. The van der Waals surface area contributed by atoms with E-state index in [9.17, 15) is 9.59 Å². The van der Waals surface area contributed by atoms with Crippen molar-refractivity contribution in [1.82, 2.24) is 14.7 Å². The summed E-state index contributed by atoms with van der Waals surface area (Å²) in [6, 6.07) is 0.671. The van der Waals surface area contributed by atoms with Gasteiger partial charge in [-0.1, -0.05) is 26.2 Å². The molecule has 0 aromatic rings. The largest absolute Gasteiger partial charge is 0.441 e. The predicted molar refractivity (Wildman–Crippen MR) is 101 cm³/mol. The Morgan fingerprint density at radius 3 is 2.58 bits per heavy atom. The molecule has 3 rings (SSSR count). The van der Waals surface area contributed by atoms with Crippen molar-refractivity contribution in [2.75, 3.05) is 39.8 Å². The molecule has 148 valence electrons. The Kier molecular flexibility index (Phi) is 6.43. The van der Waals surface area contributed by atoms with Crippen LogP contribution in [-0.4, -0.2) is 78.1 Å². The molecule has 2 aliphatic heterocycles. The molecular weight excluding hydrogens is 330 g/mol. The fourth-order valence-corrected chi connectivity index (χ4v) is 4.64. The van der Waals surface area contributed by atoms with Crippen molar-refractivity contribution < 1.29 is 14.3 Å². The van der Waals surface area contributed by atoms with Crippen LogP contribution in [0.3, 0.4) is 0 Å². The van der Waals surface area contributed by atoms with E-state index in [1.807, 2.05) is 16.7 Å². The van der Waals surface area contributed by atoms with Gasteiger partial charge in [0.05, 0.1) is 6.54 Å². The minimum atomic E-state index is -0.372. The van der Waals surface area contributed by atoms with Gasteiger partial charge in [-0.05, 0) is 26.3 Å². The van der Waals surface area contributed by atoms with Gasteiger partial charge in [-0.15, -0.1) is 0 Å². The SMILES string of the molecule is CCCC(=O)N1CCC2(CC1)CN(CCN(C)C1CCCCC1)C(=O)O2. The summed E-state index contributed by atoms with van der Waals surface area (Å²) in [5.74, 6) is 0.234.